The molecule has 0 spiro atoms. The molecule has 0 atom stereocenters. The Labute approximate surface area is 186 Å². The van der Waals surface area contributed by atoms with Crippen LogP contribution in [0.1, 0.15) is 50.7 Å². The number of nitrogens with zero attached hydrogens (tertiary/aromatic N) is 2. The van der Waals surface area contributed by atoms with Crippen molar-refractivity contribution in [3.8, 4) is 0 Å². The summed E-state index contributed by atoms with van der Waals surface area (Å²) in [6.45, 7) is 3.88. The molecule has 2 aromatic rings. The summed E-state index contributed by atoms with van der Waals surface area (Å²) in [6, 6.07) is 14.4. The molecule has 0 fully saturated rings. The molecule has 0 aliphatic carbocycles. The monoisotopic (exact) mass is 446 g/mol. The van der Waals surface area contributed by atoms with Gasteiger partial charge in [0.1, 0.15) is 0 Å². The topological polar surface area (TPSA) is 82.9 Å². The molecule has 0 saturated heterocycles. The van der Waals surface area contributed by atoms with E-state index in [-0.39, 0.29) is 24.7 Å². The third kappa shape index (κ3) is 7.61. The average molecular weight is 447 g/mol. The van der Waals surface area contributed by atoms with Crippen LogP contribution in [-0.2, 0) is 9.59 Å². The van der Waals surface area contributed by atoms with Crippen molar-refractivity contribution in [3.63, 3.8) is 0 Å². The molecule has 6 nitrogen and oxygen atoms in total. The van der Waals surface area contributed by atoms with E-state index in [1.165, 1.54) is 0 Å². The molecular weight excluding hydrogens is 423 g/mol. The number of hydrogen-bond acceptors (Lipinski definition) is 4. The Bertz CT molecular complexity index is 846. The van der Waals surface area contributed by atoms with E-state index in [2.05, 4.69) is 21.1 Å². The maximum Gasteiger partial charge on any atom is 0.240 e. The highest BCUT2D eigenvalue weighted by Crippen LogP contribution is 2.12. The van der Waals surface area contributed by atoms with Crippen molar-refractivity contribution in [2.24, 2.45) is 10.2 Å². The molecule has 30 heavy (non-hydrogen) atoms. The van der Waals surface area contributed by atoms with Crippen LogP contribution in [-0.4, -0.2) is 23.2 Å². The highest BCUT2D eigenvalue weighted by atomic mass is 35.5. The summed E-state index contributed by atoms with van der Waals surface area (Å²) in [7, 11) is 0. The summed E-state index contributed by atoms with van der Waals surface area (Å²) in [4.78, 5) is 24.1. The number of halogens is 2. The van der Waals surface area contributed by atoms with Crippen LogP contribution in [0.5, 0.6) is 0 Å². The van der Waals surface area contributed by atoms with Crippen LogP contribution in [0, 0.1) is 0 Å². The minimum absolute atomic E-state index is 0.00483. The molecule has 0 aromatic heterocycles. The van der Waals surface area contributed by atoms with Crippen LogP contribution in [0.2, 0.25) is 10.0 Å². The van der Waals surface area contributed by atoms with Crippen LogP contribution >= 0.6 is 23.2 Å². The molecule has 0 bridgehead atoms. The van der Waals surface area contributed by atoms with Gasteiger partial charge in [0.2, 0.25) is 11.8 Å². The molecule has 2 amide bonds. The van der Waals surface area contributed by atoms with Crippen molar-refractivity contribution in [2.45, 2.75) is 39.5 Å². The Morgan fingerprint density at radius 1 is 0.700 bits per heavy atom. The number of hydrogen-bond donors (Lipinski definition) is 2. The van der Waals surface area contributed by atoms with Crippen LogP contribution in [0.4, 0.5) is 0 Å². The van der Waals surface area contributed by atoms with Crippen molar-refractivity contribution in [3.05, 3.63) is 69.7 Å². The average Bonchev–Trinajstić information content (AvgIpc) is 2.75. The first-order chi connectivity index (χ1) is 14.4. The molecule has 0 aliphatic rings. The molecule has 2 rings (SSSR count). The van der Waals surface area contributed by atoms with E-state index in [1.54, 1.807) is 24.3 Å². The second kappa shape index (κ2) is 12.1. The van der Waals surface area contributed by atoms with Crippen LogP contribution in [0.3, 0.4) is 0 Å². The third-order valence-corrected chi connectivity index (χ3v) is 4.74. The van der Waals surface area contributed by atoms with E-state index in [0.717, 1.165) is 22.6 Å². The SMILES string of the molecule is CCC(=NNC(=O)CCC(=O)NN=C(CC)c1ccc(Cl)cc1)c1ccc(Cl)cc1. The van der Waals surface area contributed by atoms with Crippen molar-refractivity contribution in [1.29, 1.82) is 0 Å². The number of amides is 2. The van der Waals surface area contributed by atoms with Gasteiger partial charge in [-0.3, -0.25) is 9.59 Å². The molecule has 0 unspecified atom stereocenters. The van der Waals surface area contributed by atoms with E-state index in [9.17, 15) is 9.59 Å². The number of carbonyl (C=O) groups excluding carboxylic acids is 2. The molecule has 158 valence electrons. The molecule has 0 heterocycles. The van der Waals surface area contributed by atoms with Gasteiger partial charge in [0.05, 0.1) is 11.4 Å². The maximum atomic E-state index is 12.0. The van der Waals surface area contributed by atoms with E-state index in [1.807, 2.05) is 38.1 Å². The minimum atomic E-state index is -0.345. The number of benzene rings is 2. The van der Waals surface area contributed by atoms with Crippen molar-refractivity contribution >= 4 is 46.4 Å². The van der Waals surface area contributed by atoms with Gasteiger partial charge >= 0.3 is 0 Å². The summed E-state index contributed by atoms with van der Waals surface area (Å²) in [5.74, 6) is -0.690. The normalized spacial score (nSPS) is 11.9. The number of hydrazone groups is 2. The third-order valence-electron chi connectivity index (χ3n) is 4.23. The van der Waals surface area contributed by atoms with Crippen molar-refractivity contribution in [2.75, 3.05) is 0 Å². The lowest BCUT2D eigenvalue weighted by atomic mass is 10.1. The maximum absolute atomic E-state index is 12.0. The first-order valence-corrected chi connectivity index (χ1v) is 10.4. The Hall–Kier alpha value is -2.70. The summed E-state index contributed by atoms with van der Waals surface area (Å²) in [5.41, 5.74) is 8.20. The molecule has 2 aromatic carbocycles. The van der Waals surface area contributed by atoms with Gasteiger partial charge < -0.3 is 0 Å². The Kier molecular flexibility index (Phi) is 9.51. The summed E-state index contributed by atoms with van der Waals surface area (Å²) in [6.07, 6.45) is 1.29. The zero-order valence-electron chi connectivity index (χ0n) is 16.9. The molecule has 0 saturated carbocycles. The Morgan fingerprint density at radius 2 is 1.03 bits per heavy atom. The Balaban J connectivity index is 1.85. The van der Waals surface area contributed by atoms with E-state index in [0.29, 0.717) is 22.9 Å². The molecule has 0 radical (unpaired) electrons. The number of rotatable bonds is 9. The lowest BCUT2D eigenvalue weighted by Crippen LogP contribution is -2.24. The quantitative estimate of drug-likeness (QED) is 0.422. The number of carbonyl (C=O) groups is 2. The van der Waals surface area contributed by atoms with Crippen LogP contribution in [0.15, 0.2) is 58.7 Å². The lowest BCUT2D eigenvalue weighted by molar-refractivity contribution is -0.126. The molecule has 2 N–H and O–H groups in total. The highest BCUT2D eigenvalue weighted by molar-refractivity contribution is 6.31. The lowest BCUT2D eigenvalue weighted by Gasteiger charge is -2.06. The van der Waals surface area contributed by atoms with E-state index in [4.69, 9.17) is 23.2 Å². The highest BCUT2D eigenvalue weighted by Gasteiger charge is 2.08. The molecule has 8 heteroatoms. The van der Waals surface area contributed by atoms with Gasteiger partial charge in [-0.05, 0) is 48.2 Å². The number of nitrogens with one attached hydrogen (secondary N) is 2. The van der Waals surface area contributed by atoms with Gasteiger partial charge in [0.15, 0.2) is 0 Å². The smallest absolute Gasteiger partial charge is 0.240 e. The first kappa shape index (κ1) is 23.6. The fourth-order valence-corrected chi connectivity index (χ4v) is 2.83. The predicted octanol–water partition coefficient (Wildman–Crippen LogP) is 4.93. The first-order valence-electron chi connectivity index (χ1n) is 9.65. The van der Waals surface area contributed by atoms with Gasteiger partial charge in [-0.15, -0.1) is 0 Å². The van der Waals surface area contributed by atoms with Gasteiger partial charge in [0, 0.05) is 22.9 Å². The molecular formula is C22H24Cl2N4O2. The Morgan fingerprint density at radius 3 is 1.33 bits per heavy atom. The fraction of sp³-hybridized carbons (Fsp3) is 0.273. The van der Waals surface area contributed by atoms with Gasteiger partial charge in [0.25, 0.3) is 0 Å². The van der Waals surface area contributed by atoms with Crippen LogP contribution in [0.25, 0.3) is 0 Å². The zero-order chi connectivity index (χ0) is 21.9. The second-order valence-corrected chi connectivity index (χ2v) is 7.28. The second-order valence-electron chi connectivity index (χ2n) is 6.41. The zero-order valence-corrected chi connectivity index (χ0v) is 18.4. The standard InChI is InChI=1S/C22H24Cl2N4O2/c1-3-19(15-5-9-17(23)10-6-15)25-27-21(29)13-14-22(30)28-26-20(4-2)16-7-11-18(24)12-8-16/h5-12H,3-4,13-14H2,1-2H3,(H,27,29)(H,28,30). The van der Waals surface area contributed by atoms with Crippen molar-refractivity contribution in [1.82, 2.24) is 10.9 Å². The van der Waals surface area contributed by atoms with E-state index < -0.39 is 0 Å². The van der Waals surface area contributed by atoms with E-state index >= 15 is 0 Å². The van der Waals surface area contributed by atoms with Crippen molar-refractivity contribution < 1.29 is 9.59 Å². The molecule has 0 aliphatic heterocycles. The largest absolute Gasteiger partial charge is 0.273 e. The summed E-state index contributed by atoms with van der Waals surface area (Å²) < 4.78 is 0. The predicted molar refractivity (Wildman–Crippen MR) is 122 cm³/mol. The fourth-order valence-electron chi connectivity index (χ4n) is 2.58. The summed E-state index contributed by atoms with van der Waals surface area (Å²) >= 11 is 11.8. The van der Waals surface area contributed by atoms with Gasteiger partial charge in [-0.2, -0.15) is 10.2 Å². The van der Waals surface area contributed by atoms with Crippen LogP contribution < -0.4 is 10.9 Å². The van der Waals surface area contributed by atoms with Gasteiger partial charge in [-0.25, -0.2) is 10.9 Å². The summed E-state index contributed by atoms with van der Waals surface area (Å²) in [5, 5.41) is 9.58. The minimum Gasteiger partial charge on any atom is -0.273 e. The van der Waals surface area contributed by atoms with Gasteiger partial charge in [-0.1, -0.05) is 61.3 Å².